The Morgan fingerprint density at radius 3 is 2.67 bits per heavy atom. The van der Waals surface area contributed by atoms with E-state index in [1.165, 1.54) is 25.7 Å². The molecule has 0 radical (unpaired) electrons. The quantitative estimate of drug-likeness (QED) is 0.554. The van der Waals surface area contributed by atoms with Crippen molar-refractivity contribution < 1.29 is 4.74 Å². The lowest BCUT2D eigenvalue weighted by molar-refractivity contribution is 0.153. The Morgan fingerprint density at radius 2 is 1.93 bits per heavy atom. The van der Waals surface area contributed by atoms with Gasteiger partial charge in [-0.15, -0.1) is 0 Å². The van der Waals surface area contributed by atoms with Crippen LogP contribution in [0.2, 0.25) is 0 Å². The maximum absolute atomic E-state index is 5.84. The number of epoxide rings is 1. The Hall–Kier alpha value is -0.0400. The molecule has 0 N–H and O–H groups in total. The van der Waals surface area contributed by atoms with Gasteiger partial charge in [-0.1, -0.05) is 13.8 Å². The van der Waals surface area contributed by atoms with Gasteiger partial charge in [0.2, 0.25) is 0 Å². The standard InChI is InChI=1S/C14H22O/c1-13(2)6-9-5-11(9)10-3-4-14(8-15-14)12(10)7-13/h9-12H,3-8H2,1-2H3/t9-,10+,11-,12+,14-/m1/s1. The van der Waals surface area contributed by atoms with Crippen molar-refractivity contribution in [1.29, 1.82) is 0 Å². The lowest BCUT2D eigenvalue weighted by atomic mass is 9.75. The van der Waals surface area contributed by atoms with E-state index in [9.17, 15) is 0 Å². The molecule has 0 unspecified atom stereocenters. The molecular formula is C14H22O. The zero-order valence-electron chi connectivity index (χ0n) is 9.96. The predicted octanol–water partition coefficient (Wildman–Crippen LogP) is 3.24. The molecule has 4 fully saturated rings. The molecule has 1 saturated heterocycles. The molecule has 1 aliphatic heterocycles. The van der Waals surface area contributed by atoms with Gasteiger partial charge in [0, 0.05) is 0 Å². The fraction of sp³-hybridized carbons (Fsp3) is 1.00. The highest BCUT2D eigenvalue weighted by molar-refractivity contribution is 5.13. The molecule has 1 spiro atoms. The monoisotopic (exact) mass is 206 g/mol. The SMILES string of the molecule is CC1(C)C[C@H]2C[C@H]2[C@@H]2CC[C@@]3(CO3)[C@H]2C1. The smallest absolute Gasteiger partial charge is 0.0947 e. The highest BCUT2D eigenvalue weighted by atomic mass is 16.6. The summed E-state index contributed by atoms with van der Waals surface area (Å²) in [5.41, 5.74) is 0.974. The lowest BCUT2D eigenvalue weighted by Crippen LogP contribution is -2.27. The van der Waals surface area contributed by atoms with Crippen LogP contribution < -0.4 is 0 Å². The second-order valence-electron chi connectivity index (χ2n) is 7.39. The zero-order valence-corrected chi connectivity index (χ0v) is 9.96. The Kier molecular flexibility index (Phi) is 1.47. The van der Waals surface area contributed by atoms with Gasteiger partial charge >= 0.3 is 0 Å². The van der Waals surface area contributed by atoms with Crippen LogP contribution >= 0.6 is 0 Å². The molecule has 1 nitrogen and oxygen atoms in total. The van der Waals surface area contributed by atoms with Crippen molar-refractivity contribution in [3.8, 4) is 0 Å². The minimum absolute atomic E-state index is 0.388. The molecule has 1 heterocycles. The first-order valence-corrected chi connectivity index (χ1v) is 6.74. The van der Waals surface area contributed by atoms with Crippen LogP contribution in [-0.2, 0) is 4.74 Å². The molecule has 0 bridgehead atoms. The Labute approximate surface area is 92.6 Å². The summed E-state index contributed by atoms with van der Waals surface area (Å²) in [6, 6.07) is 0. The highest BCUT2D eigenvalue weighted by Gasteiger charge is 2.64. The minimum Gasteiger partial charge on any atom is -0.369 e. The average molecular weight is 206 g/mol. The van der Waals surface area contributed by atoms with Crippen LogP contribution in [0.3, 0.4) is 0 Å². The molecule has 3 saturated carbocycles. The summed E-state index contributed by atoms with van der Waals surface area (Å²) in [5, 5.41) is 0. The van der Waals surface area contributed by atoms with Gasteiger partial charge in [0.15, 0.2) is 0 Å². The van der Waals surface area contributed by atoms with Gasteiger partial charge < -0.3 is 4.74 Å². The number of ether oxygens (including phenoxy) is 1. The van der Waals surface area contributed by atoms with Gasteiger partial charge in [0.1, 0.15) is 0 Å². The summed E-state index contributed by atoms with van der Waals surface area (Å²) < 4.78 is 5.84. The Bertz CT molecular complexity index is 302. The van der Waals surface area contributed by atoms with Crippen molar-refractivity contribution in [2.75, 3.05) is 6.61 Å². The van der Waals surface area contributed by atoms with E-state index in [-0.39, 0.29) is 0 Å². The highest BCUT2D eigenvalue weighted by Crippen LogP contribution is 2.66. The number of fused-ring (bicyclic) bond motifs is 4. The second kappa shape index (κ2) is 2.45. The van der Waals surface area contributed by atoms with Gasteiger partial charge in [-0.3, -0.25) is 0 Å². The summed E-state index contributed by atoms with van der Waals surface area (Å²) >= 11 is 0. The second-order valence-corrected chi connectivity index (χ2v) is 7.39. The van der Waals surface area contributed by atoms with Crippen molar-refractivity contribution >= 4 is 0 Å². The molecule has 0 aromatic heterocycles. The summed E-state index contributed by atoms with van der Waals surface area (Å²) in [6.45, 7) is 6.06. The fourth-order valence-corrected chi connectivity index (χ4v) is 4.91. The van der Waals surface area contributed by atoms with Gasteiger partial charge in [0.25, 0.3) is 0 Å². The molecule has 4 aliphatic rings. The van der Waals surface area contributed by atoms with Gasteiger partial charge in [-0.25, -0.2) is 0 Å². The number of hydrogen-bond donors (Lipinski definition) is 0. The van der Waals surface area contributed by atoms with Crippen molar-refractivity contribution in [3.05, 3.63) is 0 Å². The predicted molar refractivity (Wildman–Crippen MR) is 59.5 cm³/mol. The Balaban J connectivity index is 1.69. The third-order valence-electron chi connectivity index (χ3n) is 5.72. The van der Waals surface area contributed by atoms with Crippen LogP contribution in [0.5, 0.6) is 0 Å². The topological polar surface area (TPSA) is 12.5 Å². The van der Waals surface area contributed by atoms with E-state index in [1.54, 1.807) is 6.42 Å². The molecule has 0 aromatic carbocycles. The van der Waals surface area contributed by atoms with Crippen LogP contribution in [-0.4, -0.2) is 12.2 Å². The maximum Gasteiger partial charge on any atom is 0.0947 e. The van der Waals surface area contributed by atoms with Crippen LogP contribution in [0.1, 0.15) is 46.0 Å². The molecule has 3 aliphatic carbocycles. The summed E-state index contributed by atoms with van der Waals surface area (Å²) in [4.78, 5) is 0. The van der Waals surface area contributed by atoms with E-state index < -0.39 is 0 Å². The number of hydrogen-bond acceptors (Lipinski definition) is 1. The van der Waals surface area contributed by atoms with Crippen molar-refractivity contribution in [1.82, 2.24) is 0 Å². The van der Waals surface area contributed by atoms with E-state index >= 15 is 0 Å². The molecule has 15 heavy (non-hydrogen) atoms. The van der Waals surface area contributed by atoms with E-state index in [4.69, 9.17) is 4.74 Å². The first-order valence-electron chi connectivity index (χ1n) is 6.74. The molecular weight excluding hydrogens is 184 g/mol. The lowest BCUT2D eigenvalue weighted by Gasteiger charge is -2.30. The molecule has 0 amide bonds. The van der Waals surface area contributed by atoms with Crippen molar-refractivity contribution in [3.63, 3.8) is 0 Å². The van der Waals surface area contributed by atoms with E-state index in [2.05, 4.69) is 13.8 Å². The molecule has 1 heteroatoms. The summed E-state index contributed by atoms with van der Waals surface area (Å²) in [7, 11) is 0. The Morgan fingerprint density at radius 1 is 1.13 bits per heavy atom. The van der Waals surface area contributed by atoms with Crippen molar-refractivity contribution in [2.45, 2.75) is 51.6 Å². The van der Waals surface area contributed by atoms with Crippen LogP contribution in [0.25, 0.3) is 0 Å². The van der Waals surface area contributed by atoms with Gasteiger partial charge in [0.05, 0.1) is 12.2 Å². The van der Waals surface area contributed by atoms with E-state index in [1.807, 2.05) is 0 Å². The molecule has 0 aromatic rings. The zero-order chi connectivity index (χ0) is 10.3. The normalized spacial score (nSPS) is 59.6. The van der Waals surface area contributed by atoms with E-state index in [0.717, 1.165) is 30.3 Å². The van der Waals surface area contributed by atoms with Gasteiger partial charge in [-0.2, -0.15) is 0 Å². The minimum atomic E-state index is 0.388. The van der Waals surface area contributed by atoms with Crippen LogP contribution in [0.15, 0.2) is 0 Å². The molecule has 5 atom stereocenters. The summed E-state index contributed by atoms with van der Waals surface area (Å²) in [5.74, 6) is 4.15. The fourth-order valence-electron chi connectivity index (χ4n) is 4.91. The molecule has 4 rings (SSSR count). The third-order valence-corrected chi connectivity index (χ3v) is 5.72. The first-order chi connectivity index (χ1) is 7.10. The maximum atomic E-state index is 5.84. The first kappa shape index (κ1) is 9.04. The summed E-state index contributed by atoms with van der Waals surface area (Å²) in [6.07, 6.45) is 7.32. The van der Waals surface area contributed by atoms with Crippen molar-refractivity contribution in [2.24, 2.45) is 29.1 Å². The van der Waals surface area contributed by atoms with Gasteiger partial charge in [-0.05, 0) is 61.2 Å². The van der Waals surface area contributed by atoms with Crippen LogP contribution in [0.4, 0.5) is 0 Å². The van der Waals surface area contributed by atoms with E-state index in [0.29, 0.717) is 11.0 Å². The third kappa shape index (κ3) is 1.19. The number of rotatable bonds is 0. The molecule has 84 valence electrons. The largest absolute Gasteiger partial charge is 0.369 e. The average Bonchev–Trinajstić information content (AvgIpc) is 2.97. The van der Waals surface area contributed by atoms with Crippen LogP contribution in [0, 0.1) is 29.1 Å².